The second-order valence-electron chi connectivity index (χ2n) is 8.35. The third-order valence-electron chi connectivity index (χ3n) is 5.62. The SMILES string of the molecule is Cc1cc(NC(=O)CN(C)Cc2ccc(N3CCCCC3)cc2)n(-c2ccccc2)n1. The van der Waals surface area contributed by atoms with Crippen molar-refractivity contribution in [2.45, 2.75) is 32.7 Å². The second-order valence-corrected chi connectivity index (χ2v) is 8.35. The molecule has 2 heterocycles. The van der Waals surface area contributed by atoms with Crippen molar-refractivity contribution in [1.82, 2.24) is 14.7 Å². The highest BCUT2D eigenvalue weighted by Crippen LogP contribution is 2.21. The van der Waals surface area contributed by atoms with Gasteiger partial charge in [0.15, 0.2) is 0 Å². The lowest BCUT2D eigenvalue weighted by molar-refractivity contribution is -0.117. The Balaban J connectivity index is 1.33. The Morgan fingerprint density at radius 1 is 1.00 bits per heavy atom. The summed E-state index contributed by atoms with van der Waals surface area (Å²) in [4.78, 5) is 17.2. The first-order chi connectivity index (χ1) is 15.1. The number of piperidine rings is 1. The van der Waals surface area contributed by atoms with E-state index in [9.17, 15) is 4.79 Å². The number of nitrogens with one attached hydrogen (secondary N) is 1. The van der Waals surface area contributed by atoms with E-state index in [1.54, 1.807) is 4.68 Å². The van der Waals surface area contributed by atoms with Crippen molar-refractivity contribution in [2.24, 2.45) is 0 Å². The molecule has 0 bridgehead atoms. The molecule has 0 saturated carbocycles. The van der Waals surface area contributed by atoms with Crippen LogP contribution in [0.3, 0.4) is 0 Å². The topological polar surface area (TPSA) is 53.4 Å². The van der Waals surface area contributed by atoms with E-state index in [2.05, 4.69) is 39.6 Å². The predicted octanol–water partition coefficient (Wildman–Crippen LogP) is 4.24. The number of likely N-dealkylation sites (N-methyl/N-ethyl adjacent to an activating group) is 1. The number of rotatable bonds is 7. The number of aromatic nitrogens is 2. The molecule has 1 N–H and O–H groups in total. The molecule has 31 heavy (non-hydrogen) atoms. The van der Waals surface area contributed by atoms with Crippen molar-refractivity contribution in [3.8, 4) is 5.69 Å². The Kier molecular flexibility index (Phi) is 6.67. The van der Waals surface area contributed by atoms with Crippen LogP contribution >= 0.6 is 0 Å². The summed E-state index contributed by atoms with van der Waals surface area (Å²) in [6.07, 6.45) is 3.90. The number of hydrogen-bond donors (Lipinski definition) is 1. The van der Waals surface area contributed by atoms with E-state index in [4.69, 9.17) is 0 Å². The van der Waals surface area contributed by atoms with Crippen molar-refractivity contribution >= 4 is 17.4 Å². The summed E-state index contributed by atoms with van der Waals surface area (Å²) in [5, 5.41) is 7.52. The Hall–Kier alpha value is -3.12. The maximum absolute atomic E-state index is 12.7. The predicted molar refractivity (Wildman–Crippen MR) is 126 cm³/mol. The van der Waals surface area contributed by atoms with Gasteiger partial charge >= 0.3 is 0 Å². The molecule has 2 aromatic carbocycles. The highest BCUT2D eigenvalue weighted by Gasteiger charge is 2.14. The van der Waals surface area contributed by atoms with Gasteiger partial charge in [0.2, 0.25) is 5.91 Å². The van der Waals surface area contributed by atoms with Crippen LogP contribution in [0.15, 0.2) is 60.7 Å². The number of carbonyl (C=O) groups is 1. The third-order valence-corrected chi connectivity index (χ3v) is 5.62. The summed E-state index contributed by atoms with van der Waals surface area (Å²) in [7, 11) is 1.97. The lowest BCUT2D eigenvalue weighted by Crippen LogP contribution is -2.30. The van der Waals surface area contributed by atoms with E-state index < -0.39 is 0 Å². The summed E-state index contributed by atoms with van der Waals surface area (Å²) in [6.45, 7) is 5.27. The van der Waals surface area contributed by atoms with Crippen molar-refractivity contribution in [3.05, 3.63) is 71.9 Å². The van der Waals surface area contributed by atoms with E-state index >= 15 is 0 Å². The number of hydrogen-bond acceptors (Lipinski definition) is 4. The molecular formula is C25H31N5O. The van der Waals surface area contributed by atoms with Gasteiger partial charge in [-0.1, -0.05) is 30.3 Å². The summed E-state index contributed by atoms with van der Waals surface area (Å²) in [5.74, 6) is 0.637. The molecule has 0 unspecified atom stereocenters. The zero-order valence-corrected chi connectivity index (χ0v) is 18.4. The summed E-state index contributed by atoms with van der Waals surface area (Å²) in [5.41, 5.74) is 4.30. The Morgan fingerprint density at radius 2 is 1.71 bits per heavy atom. The number of carbonyl (C=O) groups excluding carboxylic acids is 1. The van der Waals surface area contributed by atoms with Gasteiger partial charge < -0.3 is 10.2 Å². The average molecular weight is 418 g/mol. The zero-order valence-electron chi connectivity index (χ0n) is 18.4. The van der Waals surface area contributed by atoms with Crippen LogP contribution in [0.5, 0.6) is 0 Å². The van der Waals surface area contributed by atoms with E-state index in [1.807, 2.05) is 55.3 Å². The van der Waals surface area contributed by atoms with Crippen molar-refractivity contribution in [2.75, 3.05) is 36.9 Å². The molecule has 1 fully saturated rings. The molecule has 0 radical (unpaired) electrons. The molecule has 4 rings (SSSR count). The quantitative estimate of drug-likeness (QED) is 0.625. The number of para-hydroxylation sites is 1. The van der Waals surface area contributed by atoms with E-state index in [-0.39, 0.29) is 5.91 Å². The minimum Gasteiger partial charge on any atom is -0.372 e. The highest BCUT2D eigenvalue weighted by atomic mass is 16.2. The van der Waals surface area contributed by atoms with Gasteiger partial charge in [-0.05, 0) is 63.1 Å². The van der Waals surface area contributed by atoms with Crippen LogP contribution < -0.4 is 10.2 Å². The molecule has 3 aromatic rings. The Morgan fingerprint density at radius 3 is 2.42 bits per heavy atom. The largest absolute Gasteiger partial charge is 0.372 e. The minimum absolute atomic E-state index is 0.0514. The number of aryl methyl sites for hydroxylation is 1. The van der Waals surface area contributed by atoms with E-state index in [1.165, 1.54) is 30.5 Å². The lowest BCUT2D eigenvalue weighted by atomic mass is 10.1. The van der Waals surface area contributed by atoms with Gasteiger partial charge in [0.25, 0.3) is 0 Å². The molecule has 162 valence electrons. The van der Waals surface area contributed by atoms with Crippen molar-refractivity contribution in [3.63, 3.8) is 0 Å². The molecule has 6 heteroatoms. The fourth-order valence-electron chi connectivity index (χ4n) is 4.11. The summed E-state index contributed by atoms with van der Waals surface area (Å²) < 4.78 is 1.77. The van der Waals surface area contributed by atoms with Gasteiger partial charge in [-0.15, -0.1) is 0 Å². The molecule has 0 aliphatic carbocycles. The van der Waals surface area contributed by atoms with Crippen molar-refractivity contribution in [1.29, 1.82) is 0 Å². The molecule has 1 amide bonds. The molecule has 1 saturated heterocycles. The third kappa shape index (κ3) is 5.52. The first-order valence-corrected chi connectivity index (χ1v) is 11.0. The Labute approximate surface area is 184 Å². The molecule has 1 aromatic heterocycles. The van der Waals surface area contributed by atoms with Crippen LogP contribution in [-0.2, 0) is 11.3 Å². The number of benzene rings is 2. The summed E-state index contributed by atoms with van der Waals surface area (Å²) in [6, 6.07) is 20.5. The first-order valence-electron chi connectivity index (χ1n) is 11.0. The number of anilines is 2. The number of nitrogens with zero attached hydrogens (tertiary/aromatic N) is 4. The van der Waals surface area contributed by atoms with Gasteiger partial charge in [-0.25, -0.2) is 4.68 Å². The van der Waals surface area contributed by atoms with Gasteiger partial charge in [-0.2, -0.15) is 5.10 Å². The molecule has 0 spiro atoms. The first kappa shape index (κ1) is 21.1. The van der Waals surface area contributed by atoms with E-state index in [0.717, 1.165) is 31.0 Å². The zero-order chi connectivity index (χ0) is 21.6. The van der Waals surface area contributed by atoms with Crippen LogP contribution in [0.1, 0.15) is 30.5 Å². The fraction of sp³-hybridized carbons (Fsp3) is 0.360. The molecule has 6 nitrogen and oxygen atoms in total. The maximum Gasteiger partial charge on any atom is 0.239 e. The average Bonchev–Trinajstić information content (AvgIpc) is 3.15. The number of amides is 1. The highest BCUT2D eigenvalue weighted by molar-refractivity contribution is 5.91. The molecule has 1 aliphatic heterocycles. The Bertz CT molecular complexity index is 991. The molecule has 1 aliphatic rings. The minimum atomic E-state index is -0.0514. The van der Waals surface area contributed by atoms with Crippen LogP contribution in [0.2, 0.25) is 0 Å². The molecular weight excluding hydrogens is 386 g/mol. The maximum atomic E-state index is 12.7. The standard InChI is InChI=1S/C25H31N5O/c1-20-17-24(30(27-20)23-9-5-3-6-10-23)26-25(31)19-28(2)18-21-11-13-22(14-12-21)29-15-7-4-8-16-29/h3,5-6,9-14,17H,4,7-8,15-16,18-19H2,1-2H3,(H,26,31). The van der Waals surface area contributed by atoms with Gasteiger partial charge in [0, 0.05) is 31.4 Å². The van der Waals surface area contributed by atoms with Gasteiger partial charge in [0.05, 0.1) is 17.9 Å². The summed E-state index contributed by atoms with van der Waals surface area (Å²) >= 11 is 0. The van der Waals surface area contributed by atoms with Gasteiger partial charge in [0.1, 0.15) is 5.82 Å². The normalized spacial score (nSPS) is 14.1. The smallest absolute Gasteiger partial charge is 0.239 e. The van der Waals surface area contributed by atoms with Crippen LogP contribution in [0.25, 0.3) is 5.69 Å². The van der Waals surface area contributed by atoms with Crippen molar-refractivity contribution < 1.29 is 4.79 Å². The van der Waals surface area contributed by atoms with E-state index in [0.29, 0.717) is 12.4 Å². The molecule has 0 atom stereocenters. The van der Waals surface area contributed by atoms with Crippen LogP contribution in [0.4, 0.5) is 11.5 Å². The van der Waals surface area contributed by atoms with Crippen LogP contribution in [0, 0.1) is 6.92 Å². The fourth-order valence-corrected chi connectivity index (χ4v) is 4.11. The lowest BCUT2D eigenvalue weighted by Gasteiger charge is -2.29. The van der Waals surface area contributed by atoms with Gasteiger partial charge in [-0.3, -0.25) is 9.69 Å². The van der Waals surface area contributed by atoms with Crippen LogP contribution in [-0.4, -0.2) is 47.3 Å². The monoisotopic (exact) mass is 417 g/mol. The second kappa shape index (κ2) is 9.79.